The summed E-state index contributed by atoms with van der Waals surface area (Å²) in [5, 5.41) is 0. The summed E-state index contributed by atoms with van der Waals surface area (Å²) in [6.45, 7) is 1.05. The third kappa shape index (κ3) is 4.50. The van der Waals surface area contributed by atoms with Crippen molar-refractivity contribution in [2.45, 2.75) is 6.10 Å². The van der Waals surface area contributed by atoms with Gasteiger partial charge in [-0.2, -0.15) is 4.31 Å². The van der Waals surface area contributed by atoms with Gasteiger partial charge in [-0.15, -0.1) is 0 Å². The molecule has 1 aliphatic rings. The first-order chi connectivity index (χ1) is 14.4. The first kappa shape index (κ1) is 20.5. The molecule has 0 saturated carbocycles. The Morgan fingerprint density at radius 1 is 1.20 bits per heavy atom. The second-order valence-corrected chi connectivity index (χ2v) is 8.87. The highest BCUT2D eigenvalue weighted by Crippen LogP contribution is 2.28. The zero-order chi connectivity index (χ0) is 21.1. The lowest BCUT2D eigenvalue weighted by Gasteiger charge is -2.30. The van der Waals surface area contributed by atoms with E-state index < -0.39 is 16.1 Å². The number of nitrogens with zero attached hydrogens (tertiary/aromatic N) is 4. The lowest BCUT2D eigenvalue weighted by atomic mass is 10.1. The highest BCUT2D eigenvalue weighted by Gasteiger charge is 2.27. The van der Waals surface area contributed by atoms with Crippen molar-refractivity contribution in [2.75, 3.05) is 39.7 Å². The Bertz CT molecular complexity index is 1140. The highest BCUT2D eigenvalue weighted by molar-refractivity contribution is 7.88. The summed E-state index contributed by atoms with van der Waals surface area (Å²) in [6.07, 6.45) is 3.98. The van der Waals surface area contributed by atoms with Gasteiger partial charge in [-0.25, -0.2) is 18.4 Å². The molecular formula is C20H22N4O5S. The molecule has 1 aliphatic heterocycles. The standard InChI is InChI=1S/C20H22N4O5S/c1-27-15-5-3-14(4-6-15)17-11-18-19(22-8-7-21-18)20(23-17)29-13-16-12-24(9-10-28-16)30(2,25)26/h3-8,11,16H,9-10,12-13H2,1-2H3/t16-/m0/s1. The quantitative estimate of drug-likeness (QED) is 0.583. The molecule has 158 valence electrons. The average Bonchev–Trinajstić information content (AvgIpc) is 2.77. The van der Waals surface area contributed by atoms with Crippen LogP contribution in [0.3, 0.4) is 0 Å². The number of aromatic nitrogens is 3. The Kier molecular flexibility index (Phi) is 5.80. The Morgan fingerprint density at radius 3 is 2.70 bits per heavy atom. The molecule has 0 aliphatic carbocycles. The summed E-state index contributed by atoms with van der Waals surface area (Å²) in [5.74, 6) is 1.08. The Hall–Kier alpha value is -2.82. The summed E-state index contributed by atoms with van der Waals surface area (Å²) in [5.41, 5.74) is 2.74. The van der Waals surface area contributed by atoms with Gasteiger partial charge >= 0.3 is 0 Å². The predicted octanol–water partition coefficient (Wildman–Crippen LogP) is 1.74. The zero-order valence-corrected chi connectivity index (χ0v) is 17.5. The van der Waals surface area contributed by atoms with E-state index in [9.17, 15) is 8.42 Å². The molecule has 1 fully saturated rings. The maximum atomic E-state index is 11.8. The smallest absolute Gasteiger partial charge is 0.242 e. The molecule has 0 N–H and O–H groups in total. The minimum Gasteiger partial charge on any atom is -0.497 e. The Balaban J connectivity index is 1.59. The molecule has 0 radical (unpaired) electrons. The van der Waals surface area contributed by atoms with Crippen molar-refractivity contribution in [3.63, 3.8) is 0 Å². The van der Waals surface area contributed by atoms with E-state index in [4.69, 9.17) is 14.2 Å². The molecule has 9 nitrogen and oxygen atoms in total. The van der Waals surface area contributed by atoms with Crippen molar-refractivity contribution in [1.82, 2.24) is 19.3 Å². The summed E-state index contributed by atoms with van der Waals surface area (Å²) in [7, 11) is -1.66. The monoisotopic (exact) mass is 430 g/mol. The third-order valence-electron chi connectivity index (χ3n) is 4.79. The van der Waals surface area contributed by atoms with E-state index in [0.29, 0.717) is 35.8 Å². The number of hydrogen-bond acceptors (Lipinski definition) is 8. The van der Waals surface area contributed by atoms with Crippen LogP contribution in [0.2, 0.25) is 0 Å². The highest BCUT2D eigenvalue weighted by atomic mass is 32.2. The van der Waals surface area contributed by atoms with E-state index in [-0.39, 0.29) is 13.2 Å². The second kappa shape index (κ2) is 8.50. The molecule has 3 aromatic rings. The third-order valence-corrected chi connectivity index (χ3v) is 6.06. The summed E-state index contributed by atoms with van der Waals surface area (Å²) in [4.78, 5) is 13.3. The first-order valence-electron chi connectivity index (χ1n) is 9.40. The maximum Gasteiger partial charge on any atom is 0.242 e. The molecule has 4 rings (SSSR count). The molecule has 0 amide bonds. The lowest BCUT2D eigenvalue weighted by Crippen LogP contribution is -2.47. The second-order valence-electron chi connectivity index (χ2n) is 6.89. The number of sulfonamides is 1. The van der Waals surface area contributed by atoms with Crippen molar-refractivity contribution in [1.29, 1.82) is 0 Å². The van der Waals surface area contributed by atoms with Crippen LogP contribution in [0.15, 0.2) is 42.7 Å². The van der Waals surface area contributed by atoms with Gasteiger partial charge < -0.3 is 14.2 Å². The van der Waals surface area contributed by atoms with Gasteiger partial charge in [0.05, 0.1) is 31.2 Å². The molecular weight excluding hydrogens is 408 g/mol. The summed E-state index contributed by atoms with van der Waals surface area (Å²) < 4.78 is 41.8. The summed E-state index contributed by atoms with van der Waals surface area (Å²) >= 11 is 0. The van der Waals surface area contributed by atoms with Crippen LogP contribution in [-0.2, 0) is 14.8 Å². The number of methoxy groups -OCH3 is 1. The normalized spacial score (nSPS) is 17.7. The van der Waals surface area contributed by atoms with E-state index in [2.05, 4.69) is 15.0 Å². The van der Waals surface area contributed by atoms with Crippen LogP contribution < -0.4 is 9.47 Å². The number of ether oxygens (including phenoxy) is 3. The minimum atomic E-state index is -3.28. The number of hydrogen-bond donors (Lipinski definition) is 0. The van der Waals surface area contributed by atoms with Crippen LogP contribution in [0.4, 0.5) is 0 Å². The molecule has 2 aromatic heterocycles. The molecule has 0 bridgehead atoms. The van der Waals surface area contributed by atoms with Gasteiger partial charge in [-0.3, -0.25) is 4.98 Å². The Morgan fingerprint density at radius 2 is 1.97 bits per heavy atom. The fourth-order valence-electron chi connectivity index (χ4n) is 3.22. The maximum absolute atomic E-state index is 11.8. The van der Waals surface area contributed by atoms with Crippen molar-refractivity contribution in [3.05, 3.63) is 42.7 Å². The van der Waals surface area contributed by atoms with Crippen molar-refractivity contribution >= 4 is 21.1 Å². The van der Waals surface area contributed by atoms with E-state index in [1.807, 2.05) is 30.3 Å². The average molecular weight is 430 g/mol. The van der Waals surface area contributed by atoms with Crippen LogP contribution in [-0.4, -0.2) is 73.4 Å². The predicted molar refractivity (Wildman–Crippen MR) is 111 cm³/mol. The number of pyridine rings is 1. The van der Waals surface area contributed by atoms with E-state index >= 15 is 0 Å². The topological polar surface area (TPSA) is 104 Å². The Labute approximate surface area is 174 Å². The molecule has 1 aromatic carbocycles. The van der Waals surface area contributed by atoms with Crippen LogP contribution in [0.25, 0.3) is 22.3 Å². The molecule has 0 spiro atoms. The number of morpholine rings is 1. The van der Waals surface area contributed by atoms with E-state index in [1.165, 1.54) is 10.6 Å². The van der Waals surface area contributed by atoms with Crippen LogP contribution >= 0.6 is 0 Å². The van der Waals surface area contributed by atoms with E-state index in [1.54, 1.807) is 19.5 Å². The first-order valence-corrected chi connectivity index (χ1v) is 11.2. The van der Waals surface area contributed by atoms with Crippen molar-refractivity contribution < 1.29 is 22.6 Å². The fourth-order valence-corrected chi connectivity index (χ4v) is 4.06. The van der Waals surface area contributed by atoms with Gasteiger partial charge in [-0.05, 0) is 30.3 Å². The SMILES string of the molecule is COc1ccc(-c2cc3nccnc3c(OC[C@@H]3CN(S(C)(=O)=O)CCO3)n2)cc1. The van der Waals surface area contributed by atoms with Crippen LogP contribution in [0.5, 0.6) is 11.6 Å². The zero-order valence-electron chi connectivity index (χ0n) is 16.7. The van der Waals surface area contributed by atoms with Crippen molar-refractivity contribution in [2.24, 2.45) is 0 Å². The van der Waals surface area contributed by atoms with Gasteiger partial charge in [-0.1, -0.05) is 0 Å². The molecule has 1 atom stereocenters. The number of rotatable bonds is 6. The fraction of sp³-hybridized carbons (Fsp3) is 0.350. The van der Waals surface area contributed by atoms with Gasteiger partial charge in [0.1, 0.15) is 18.5 Å². The van der Waals surface area contributed by atoms with Crippen molar-refractivity contribution in [3.8, 4) is 22.9 Å². The minimum absolute atomic E-state index is 0.150. The molecule has 0 unspecified atom stereocenters. The van der Waals surface area contributed by atoms with Gasteiger partial charge in [0.2, 0.25) is 15.9 Å². The molecule has 3 heterocycles. The molecule has 1 saturated heterocycles. The molecule has 30 heavy (non-hydrogen) atoms. The summed E-state index contributed by atoms with van der Waals surface area (Å²) in [6, 6.07) is 9.37. The van der Waals surface area contributed by atoms with Crippen LogP contribution in [0, 0.1) is 0 Å². The van der Waals surface area contributed by atoms with Gasteiger partial charge in [0, 0.05) is 31.0 Å². The number of benzene rings is 1. The van der Waals surface area contributed by atoms with Gasteiger partial charge in [0.25, 0.3) is 0 Å². The largest absolute Gasteiger partial charge is 0.497 e. The van der Waals surface area contributed by atoms with Crippen LogP contribution in [0.1, 0.15) is 0 Å². The van der Waals surface area contributed by atoms with Gasteiger partial charge in [0.15, 0.2) is 5.52 Å². The number of fused-ring (bicyclic) bond motifs is 1. The lowest BCUT2D eigenvalue weighted by molar-refractivity contribution is -0.0252. The van der Waals surface area contributed by atoms with E-state index in [0.717, 1.165) is 11.3 Å². The molecule has 10 heteroatoms.